The van der Waals surface area contributed by atoms with Crippen molar-refractivity contribution in [3.63, 3.8) is 0 Å². The highest BCUT2D eigenvalue weighted by Gasteiger charge is 2.15. The van der Waals surface area contributed by atoms with Gasteiger partial charge in [-0.1, -0.05) is 65.3 Å². The van der Waals surface area contributed by atoms with Crippen molar-refractivity contribution < 1.29 is 9.32 Å². The monoisotopic (exact) mass is 321 g/mol. The summed E-state index contributed by atoms with van der Waals surface area (Å²) in [5.41, 5.74) is 3.06. The van der Waals surface area contributed by atoms with Crippen molar-refractivity contribution in [3.8, 4) is 11.4 Å². The number of nitrogens with zero attached hydrogens (tertiary/aromatic N) is 3. The third kappa shape index (κ3) is 3.87. The molecule has 0 aliphatic carbocycles. The number of benzene rings is 2. The number of aromatic nitrogens is 2. The third-order valence-electron chi connectivity index (χ3n) is 3.77. The van der Waals surface area contributed by atoms with Crippen LogP contribution in [0.15, 0.2) is 59.1 Å². The Labute approximate surface area is 140 Å². The van der Waals surface area contributed by atoms with E-state index in [0.717, 1.165) is 11.1 Å². The first kappa shape index (κ1) is 15.9. The van der Waals surface area contributed by atoms with Crippen molar-refractivity contribution in [1.82, 2.24) is 15.0 Å². The molecule has 0 radical (unpaired) electrons. The van der Waals surface area contributed by atoms with E-state index < -0.39 is 0 Å². The lowest BCUT2D eigenvalue weighted by molar-refractivity contribution is -0.130. The minimum Gasteiger partial charge on any atom is -0.337 e. The fraction of sp³-hybridized carbons (Fsp3) is 0.211. The second-order valence-electron chi connectivity index (χ2n) is 5.79. The number of aryl methyl sites for hydroxylation is 1. The SMILES string of the molecule is Cc1ccc(CC(=O)N(C)Cc2nc(-c3ccccc3)no2)cc1. The van der Waals surface area contributed by atoms with Gasteiger partial charge >= 0.3 is 0 Å². The van der Waals surface area contributed by atoms with Crippen molar-refractivity contribution in [2.45, 2.75) is 19.9 Å². The molecule has 0 aliphatic heterocycles. The molecule has 2 aromatic carbocycles. The van der Waals surface area contributed by atoms with E-state index in [2.05, 4.69) is 10.1 Å². The lowest BCUT2D eigenvalue weighted by Crippen LogP contribution is -2.27. The van der Waals surface area contributed by atoms with E-state index in [1.165, 1.54) is 5.56 Å². The largest absolute Gasteiger partial charge is 0.337 e. The second kappa shape index (κ2) is 7.08. The molecule has 0 unspecified atom stereocenters. The van der Waals surface area contributed by atoms with Gasteiger partial charge in [0.1, 0.15) is 0 Å². The molecule has 0 N–H and O–H groups in total. The predicted molar refractivity (Wildman–Crippen MR) is 91.1 cm³/mol. The molecule has 5 heteroatoms. The molecule has 1 heterocycles. The fourth-order valence-corrected chi connectivity index (χ4v) is 2.33. The Hall–Kier alpha value is -2.95. The predicted octanol–water partition coefficient (Wildman–Crippen LogP) is 3.25. The maximum absolute atomic E-state index is 12.3. The Kier molecular flexibility index (Phi) is 4.70. The number of hydrogen-bond acceptors (Lipinski definition) is 4. The molecule has 0 spiro atoms. The second-order valence-corrected chi connectivity index (χ2v) is 5.79. The van der Waals surface area contributed by atoms with Crippen LogP contribution in [0.4, 0.5) is 0 Å². The van der Waals surface area contributed by atoms with Gasteiger partial charge in [-0.25, -0.2) is 0 Å². The van der Waals surface area contributed by atoms with Crippen LogP contribution in [0, 0.1) is 6.92 Å². The number of hydrogen-bond donors (Lipinski definition) is 0. The van der Waals surface area contributed by atoms with Crippen molar-refractivity contribution in [3.05, 3.63) is 71.6 Å². The lowest BCUT2D eigenvalue weighted by Gasteiger charge is -2.14. The number of carbonyl (C=O) groups excluding carboxylic acids is 1. The maximum atomic E-state index is 12.3. The van der Waals surface area contributed by atoms with Crippen LogP contribution in [-0.4, -0.2) is 28.0 Å². The van der Waals surface area contributed by atoms with E-state index in [0.29, 0.717) is 24.7 Å². The van der Waals surface area contributed by atoms with Crippen molar-refractivity contribution in [1.29, 1.82) is 0 Å². The highest BCUT2D eigenvalue weighted by Crippen LogP contribution is 2.15. The smallest absolute Gasteiger partial charge is 0.246 e. The van der Waals surface area contributed by atoms with E-state index in [1.54, 1.807) is 11.9 Å². The first-order valence-electron chi connectivity index (χ1n) is 7.79. The van der Waals surface area contributed by atoms with Crippen LogP contribution < -0.4 is 0 Å². The van der Waals surface area contributed by atoms with Crippen LogP contribution in [0.2, 0.25) is 0 Å². The molecule has 1 amide bonds. The van der Waals surface area contributed by atoms with E-state index in [-0.39, 0.29) is 5.91 Å². The van der Waals surface area contributed by atoms with Gasteiger partial charge in [0.25, 0.3) is 0 Å². The summed E-state index contributed by atoms with van der Waals surface area (Å²) in [6, 6.07) is 17.6. The number of amides is 1. The topological polar surface area (TPSA) is 59.2 Å². The van der Waals surface area contributed by atoms with Gasteiger partial charge in [-0.2, -0.15) is 4.98 Å². The molecule has 0 saturated heterocycles. The normalized spacial score (nSPS) is 10.6. The van der Waals surface area contributed by atoms with Gasteiger partial charge in [0.2, 0.25) is 17.6 Å². The first-order valence-corrected chi connectivity index (χ1v) is 7.79. The molecule has 5 nitrogen and oxygen atoms in total. The van der Waals surface area contributed by atoms with Gasteiger partial charge in [0.05, 0.1) is 13.0 Å². The highest BCUT2D eigenvalue weighted by atomic mass is 16.5. The third-order valence-corrected chi connectivity index (χ3v) is 3.77. The summed E-state index contributed by atoms with van der Waals surface area (Å²) in [5.74, 6) is 0.969. The summed E-state index contributed by atoms with van der Waals surface area (Å²) in [6.07, 6.45) is 0.358. The zero-order valence-corrected chi connectivity index (χ0v) is 13.8. The maximum Gasteiger partial charge on any atom is 0.246 e. The zero-order chi connectivity index (χ0) is 16.9. The number of rotatable bonds is 5. The van der Waals surface area contributed by atoms with E-state index in [9.17, 15) is 4.79 Å². The molecule has 24 heavy (non-hydrogen) atoms. The summed E-state index contributed by atoms with van der Waals surface area (Å²) in [4.78, 5) is 18.3. The molecule has 0 saturated carbocycles. The van der Waals surface area contributed by atoms with Gasteiger partial charge in [-0.05, 0) is 12.5 Å². The fourth-order valence-electron chi connectivity index (χ4n) is 2.33. The minimum absolute atomic E-state index is 0.0123. The average molecular weight is 321 g/mol. The minimum atomic E-state index is 0.0123. The quantitative estimate of drug-likeness (QED) is 0.724. The summed E-state index contributed by atoms with van der Waals surface area (Å²) >= 11 is 0. The van der Waals surface area contributed by atoms with Crippen molar-refractivity contribution >= 4 is 5.91 Å². The number of carbonyl (C=O) groups is 1. The molecule has 0 aliphatic rings. The van der Waals surface area contributed by atoms with Crippen molar-refractivity contribution in [2.24, 2.45) is 0 Å². The highest BCUT2D eigenvalue weighted by molar-refractivity contribution is 5.78. The Balaban J connectivity index is 1.62. The lowest BCUT2D eigenvalue weighted by atomic mass is 10.1. The molecule has 122 valence electrons. The van der Waals surface area contributed by atoms with Gasteiger partial charge < -0.3 is 9.42 Å². The molecule has 1 aromatic heterocycles. The molecule has 0 atom stereocenters. The molecule has 0 bridgehead atoms. The number of likely N-dealkylation sites (N-methyl/N-ethyl adjacent to an activating group) is 1. The van der Waals surface area contributed by atoms with Crippen molar-refractivity contribution in [2.75, 3.05) is 7.05 Å². The Morgan fingerprint density at radius 1 is 1.08 bits per heavy atom. The Morgan fingerprint density at radius 3 is 2.50 bits per heavy atom. The van der Waals surface area contributed by atoms with Crippen LogP contribution in [0.5, 0.6) is 0 Å². The summed E-state index contributed by atoms with van der Waals surface area (Å²) in [7, 11) is 1.74. The zero-order valence-electron chi connectivity index (χ0n) is 13.8. The van der Waals surface area contributed by atoms with Crippen LogP contribution in [-0.2, 0) is 17.8 Å². The average Bonchev–Trinajstić information content (AvgIpc) is 3.06. The van der Waals surface area contributed by atoms with E-state index >= 15 is 0 Å². The molecule has 3 rings (SSSR count). The molecular formula is C19H19N3O2. The van der Waals surface area contributed by atoms with E-state index in [1.807, 2.05) is 61.5 Å². The molecular weight excluding hydrogens is 302 g/mol. The van der Waals surface area contributed by atoms with Crippen LogP contribution >= 0.6 is 0 Å². The van der Waals surface area contributed by atoms with Crippen LogP contribution in [0.1, 0.15) is 17.0 Å². The Bertz CT molecular complexity index is 810. The summed E-state index contributed by atoms with van der Waals surface area (Å²) in [5, 5.41) is 3.97. The Morgan fingerprint density at radius 2 is 1.79 bits per heavy atom. The van der Waals surface area contributed by atoms with Crippen LogP contribution in [0.25, 0.3) is 11.4 Å². The standard InChI is InChI=1S/C19H19N3O2/c1-14-8-10-15(11-9-14)12-18(23)22(2)13-17-20-19(21-24-17)16-6-4-3-5-7-16/h3-11H,12-13H2,1-2H3. The van der Waals surface area contributed by atoms with Gasteiger partial charge in [-0.3, -0.25) is 4.79 Å². The van der Waals surface area contributed by atoms with Gasteiger partial charge in [-0.15, -0.1) is 0 Å². The van der Waals surface area contributed by atoms with Gasteiger partial charge in [0.15, 0.2) is 0 Å². The molecule has 0 fully saturated rings. The van der Waals surface area contributed by atoms with Crippen LogP contribution in [0.3, 0.4) is 0 Å². The van der Waals surface area contributed by atoms with Gasteiger partial charge in [0, 0.05) is 12.6 Å². The van der Waals surface area contributed by atoms with E-state index in [4.69, 9.17) is 4.52 Å². The summed E-state index contributed by atoms with van der Waals surface area (Å²) < 4.78 is 5.25. The molecule has 3 aromatic rings. The summed E-state index contributed by atoms with van der Waals surface area (Å²) in [6.45, 7) is 2.32. The first-order chi connectivity index (χ1) is 11.6.